The van der Waals surface area contributed by atoms with Crippen LogP contribution < -0.4 is 10.2 Å². The van der Waals surface area contributed by atoms with Crippen molar-refractivity contribution in [3.8, 4) is 6.07 Å². The van der Waals surface area contributed by atoms with E-state index in [1.807, 2.05) is 12.1 Å². The summed E-state index contributed by atoms with van der Waals surface area (Å²) in [7, 11) is 0. The number of likely N-dealkylation sites (tertiary alicyclic amines) is 1. The van der Waals surface area contributed by atoms with Crippen molar-refractivity contribution >= 4 is 11.6 Å². The maximum Gasteiger partial charge on any atom is 0.259 e. The van der Waals surface area contributed by atoms with Crippen molar-refractivity contribution in [2.45, 2.75) is 44.2 Å². The maximum absolute atomic E-state index is 13.9. The van der Waals surface area contributed by atoms with Gasteiger partial charge in [0, 0.05) is 18.8 Å². The molecule has 34 heavy (non-hydrogen) atoms. The van der Waals surface area contributed by atoms with E-state index in [4.69, 9.17) is 0 Å². The number of nitrogens with zero attached hydrogens (tertiary/aromatic N) is 3. The van der Waals surface area contributed by atoms with Crippen molar-refractivity contribution in [3.63, 3.8) is 0 Å². The first-order valence-corrected chi connectivity index (χ1v) is 12.2. The SMILES string of the molecule is N#Cc1cc(N(CCC2CCN(Cc3ccccc3)CC2)C(=O)C2(O)CCNCC2)ccc1F. The molecule has 1 amide bonds. The van der Waals surface area contributed by atoms with Crippen LogP contribution in [0.5, 0.6) is 0 Å². The van der Waals surface area contributed by atoms with E-state index in [9.17, 15) is 19.6 Å². The number of piperidine rings is 2. The number of nitriles is 1. The normalized spacial score (nSPS) is 18.9. The number of anilines is 1. The largest absolute Gasteiger partial charge is 0.380 e. The third kappa shape index (κ3) is 5.82. The summed E-state index contributed by atoms with van der Waals surface area (Å²) in [6.45, 7) is 4.56. The fourth-order valence-electron chi connectivity index (χ4n) is 5.01. The minimum atomic E-state index is -1.44. The fourth-order valence-corrected chi connectivity index (χ4v) is 5.01. The monoisotopic (exact) mass is 464 g/mol. The molecule has 2 aliphatic heterocycles. The van der Waals surface area contributed by atoms with Crippen molar-refractivity contribution in [2.24, 2.45) is 5.92 Å². The standard InChI is InChI=1S/C27H33FN4O2/c28-25-7-6-24(18-23(25)19-29)32(26(33)27(34)11-13-30-14-12-27)17-10-21-8-15-31(16-9-21)20-22-4-2-1-3-5-22/h1-7,18,21,30,34H,8-17,20H2. The first-order chi connectivity index (χ1) is 16.5. The fraction of sp³-hybridized carbons (Fsp3) is 0.481. The number of benzene rings is 2. The molecule has 0 spiro atoms. The Morgan fingerprint density at radius 3 is 2.56 bits per heavy atom. The maximum atomic E-state index is 13.9. The number of halogens is 1. The van der Waals surface area contributed by atoms with Crippen LogP contribution in [-0.2, 0) is 11.3 Å². The Kier molecular flexibility index (Phi) is 7.94. The number of nitrogens with one attached hydrogen (secondary N) is 1. The second-order valence-corrected chi connectivity index (χ2v) is 9.51. The topological polar surface area (TPSA) is 79.6 Å². The quantitative estimate of drug-likeness (QED) is 0.656. The predicted octanol–water partition coefficient (Wildman–Crippen LogP) is 3.45. The summed E-state index contributed by atoms with van der Waals surface area (Å²) in [5.41, 5.74) is 0.252. The highest BCUT2D eigenvalue weighted by Gasteiger charge is 2.41. The number of hydrogen-bond donors (Lipinski definition) is 2. The molecule has 0 aliphatic carbocycles. The van der Waals surface area contributed by atoms with Gasteiger partial charge in [0.1, 0.15) is 17.5 Å². The summed E-state index contributed by atoms with van der Waals surface area (Å²) in [6, 6.07) is 16.5. The molecule has 2 aliphatic rings. The van der Waals surface area contributed by atoms with Gasteiger partial charge in [0.05, 0.1) is 5.56 Å². The average Bonchev–Trinajstić information content (AvgIpc) is 2.87. The molecule has 4 rings (SSSR count). The Labute approximate surface area is 201 Å². The summed E-state index contributed by atoms with van der Waals surface area (Å²) in [6.07, 6.45) is 3.59. The van der Waals surface area contributed by atoms with Gasteiger partial charge in [0.2, 0.25) is 0 Å². The summed E-state index contributed by atoms with van der Waals surface area (Å²) in [5, 5.41) is 23.5. The molecule has 7 heteroatoms. The van der Waals surface area contributed by atoms with Crippen molar-refractivity contribution in [1.82, 2.24) is 10.2 Å². The number of amides is 1. The van der Waals surface area contributed by atoms with Crippen molar-refractivity contribution in [2.75, 3.05) is 37.6 Å². The highest BCUT2D eigenvalue weighted by Crippen LogP contribution is 2.29. The Morgan fingerprint density at radius 1 is 1.18 bits per heavy atom. The first kappa shape index (κ1) is 24.3. The van der Waals surface area contributed by atoms with Gasteiger partial charge in [-0.3, -0.25) is 9.69 Å². The molecule has 2 fully saturated rings. The Balaban J connectivity index is 1.42. The van der Waals surface area contributed by atoms with Crippen LogP contribution >= 0.6 is 0 Å². The van der Waals surface area contributed by atoms with Crippen molar-refractivity contribution in [1.29, 1.82) is 5.26 Å². The van der Waals surface area contributed by atoms with Crippen LogP contribution in [0, 0.1) is 23.1 Å². The van der Waals surface area contributed by atoms with E-state index in [1.54, 1.807) is 4.90 Å². The molecule has 2 aromatic rings. The van der Waals surface area contributed by atoms with Crippen molar-refractivity contribution < 1.29 is 14.3 Å². The second kappa shape index (κ2) is 11.1. The molecular weight excluding hydrogens is 431 g/mol. The van der Waals surface area contributed by atoms with Crippen LogP contribution in [0.25, 0.3) is 0 Å². The van der Waals surface area contributed by atoms with Gasteiger partial charge in [-0.2, -0.15) is 5.26 Å². The third-order valence-corrected chi connectivity index (χ3v) is 7.17. The lowest BCUT2D eigenvalue weighted by atomic mass is 9.89. The highest BCUT2D eigenvalue weighted by molar-refractivity contribution is 5.99. The lowest BCUT2D eigenvalue weighted by Crippen LogP contribution is -2.54. The molecule has 2 N–H and O–H groups in total. The molecule has 0 bridgehead atoms. The Morgan fingerprint density at radius 2 is 1.88 bits per heavy atom. The van der Waals surface area contributed by atoms with Gasteiger partial charge in [0.25, 0.3) is 5.91 Å². The van der Waals surface area contributed by atoms with Gasteiger partial charge in [-0.1, -0.05) is 30.3 Å². The Hall–Kier alpha value is -2.79. The van der Waals surface area contributed by atoms with Gasteiger partial charge in [0.15, 0.2) is 0 Å². The molecule has 180 valence electrons. The molecule has 2 saturated heterocycles. The molecular formula is C27H33FN4O2. The summed E-state index contributed by atoms with van der Waals surface area (Å²) < 4.78 is 13.9. The summed E-state index contributed by atoms with van der Waals surface area (Å²) in [4.78, 5) is 17.5. The summed E-state index contributed by atoms with van der Waals surface area (Å²) in [5.74, 6) is -0.489. The lowest BCUT2D eigenvalue weighted by molar-refractivity contribution is -0.139. The molecule has 2 aromatic carbocycles. The smallest absolute Gasteiger partial charge is 0.259 e. The van der Waals surface area contributed by atoms with Gasteiger partial charge >= 0.3 is 0 Å². The van der Waals surface area contributed by atoms with Crippen LogP contribution in [0.3, 0.4) is 0 Å². The molecule has 0 saturated carbocycles. The van der Waals surface area contributed by atoms with Gasteiger partial charge < -0.3 is 15.3 Å². The van der Waals surface area contributed by atoms with Crippen LogP contribution in [-0.4, -0.2) is 54.2 Å². The predicted molar refractivity (Wildman–Crippen MR) is 130 cm³/mol. The molecule has 0 aromatic heterocycles. The minimum Gasteiger partial charge on any atom is -0.380 e. The van der Waals surface area contributed by atoms with E-state index >= 15 is 0 Å². The van der Waals surface area contributed by atoms with E-state index in [0.29, 0.717) is 44.1 Å². The van der Waals surface area contributed by atoms with Crippen LogP contribution in [0.4, 0.5) is 10.1 Å². The first-order valence-electron chi connectivity index (χ1n) is 12.2. The third-order valence-electron chi connectivity index (χ3n) is 7.17. The molecule has 6 nitrogen and oxygen atoms in total. The molecule has 0 unspecified atom stereocenters. The van der Waals surface area contributed by atoms with E-state index in [0.717, 1.165) is 38.9 Å². The molecule has 2 heterocycles. The van der Waals surface area contributed by atoms with E-state index < -0.39 is 11.4 Å². The minimum absolute atomic E-state index is 0.0955. The summed E-state index contributed by atoms with van der Waals surface area (Å²) >= 11 is 0. The average molecular weight is 465 g/mol. The number of carbonyl (C=O) groups is 1. The second-order valence-electron chi connectivity index (χ2n) is 9.51. The van der Waals surface area contributed by atoms with E-state index in [-0.39, 0.29) is 11.5 Å². The van der Waals surface area contributed by atoms with E-state index in [2.05, 4.69) is 34.5 Å². The van der Waals surface area contributed by atoms with Gasteiger partial charge in [-0.25, -0.2) is 4.39 Å². The zero-order valence-electron chi connectivity index (χ0n) is 19.5. The van der Waals surface area contributed by atoms with Crippen molar-refractivity contribution in [3.05, 3.63) is 65.5 Å². The van der Waals surface area contributed by atoms with Gasteiger partial charge in [-0.15, -0.1) is 0 Å². The number of hydrogen-bond acceptors (Lipinski definition) is 5. The van der Waals surface area contributed by atoms with Crippen LogP contribution in [0.1, 0.15) is 43.2 Å². The lowest BCUT2D eigenvalue weighted by Gasteiger charge is -2.37. The molecule has 0 atom stereocenters. The number of rotatable bonds is 7. The molecule has 0 radical (unpaired) electrons. The van der Waals surface area contributed by atoms with E-state index in [1.165, 1.54) is 23.8 Å². The van der Waals surface area contributed by atoms with Crippen LogP contribution in [0.15, 0.2) is 48.5 Å². The van der Waals surface area contributed by atoms with Gasteiger partial charge in [-0.05, 0) is 88.0 Å². The zero-order valence-corrected chi connectivity index (χ0v) is 19.5. The van der Waals surface area contributed by atoms with Crippen LogP contribution in [0.2, 0.25) is 0 Å². The number of carbonyl (C=O) groups excluding carboxylic acids is 1. The number of aliphatic hydroxyl groups is 1. The highest BCUT2D eigenvalue weighted by atomic mass is 19.1. The zero-order chi connectivity index (χ0) is 24.0. The Bertz CT molecular complexity index is 1010.